The molecule has 4 nitrogen and oxygen atoms in total. The van der Waals surface area contributed by atoms with Crippen molar-refractivity contribution in [2.24, 2.45) is 0 Å². The van der Waals surface area contributed by atoms with Crippen LogP contribution in [0.5, 0.6) is 0 Å². The molecule has 0 fully saturated rings. The monoisotopic (exact) mass is 651 g/mol. The van der Waals surface area contributed by atoms with Crippen molar-refractivity contribution in [3.63, 3.8) is 0 Å². The largest absolute Gasteiger partial charge is 0.455 e. The van der Waals surface area contributed by atoms with Crippen LogP contribution in [-0.4, -0.2) is 15.0 Å². The second-order valence-corrected chi connectivity index (χ2v) is 12.8. The highest BCUT2D eigenvalue weighted by molar-refractivity contribution is 6.15. The smallest absolute Gasteiger partial charge is 0.164 e. The van der Waals surface area contributed by atoms with Crippen molar-refractivity contribution in [3.05, 3.63) is 176 Å². The summed E-state index contributed by atoms with van der Waals surface area (Å²) in [6, 6.07) is 61.1. The Morgan fingerprint density at radius 2 is 0.824 bits per heavy atom. The van der Waals surface area contributed by atoms with E-state index in [-0.39, 0.29) is 0 Å². The van der Waals surface area contributed by atoms with Gasteiger partial charge in [0.05, 0.1) is 0 Å². The molecule has 2 heterocycles. The quantitative estimate of drug-likeness (QED) is 0.186. The van der Waals surface area contributed by atoms with E-state index in [2.05, 4.69) is 127 Å². The molecule has 0 N–H and O–H groups in total. The van der Waals surface area contributed by atoms with E-state index in [1.54, 1.807) is 0 Å². The Labute approximate surface area is 294 Å². The van der Waals surface area contributed by atoms with Gasteiger partial charge in [0.25, 0.3) is 0 Å². The minimum atomic E-state index is 0.628. The highest BCUT2D eigenvalue weighted by Crippen LogP contribution is 2.39. The zero-order chi connectivity index (χ0) is 33.7. The van der Waals surface area contributed by atoms with Crippen LogP contribution in [0, 0.1) is 0 Å². The van der Waals surface area contributed by atoms with Gasteiger partial charge in [-0.25, -0.2) is 15.0 Å². The van der Waals surface area contributed by atoms with Gasteiger partial charge in [-0.15, -0.1) is 0 Å². The number of hydrogen-bond acceptors (Lipinski definition) is 4. The maximum Gasteiger partial charge on any atom is 0.164 e. The van der Waals surface area contributed by atoms with Gasteiger partial charge in [0, 0.05) is 32.8 Å². The Morgan fingerprint density at radius 3 is 1.59 bits per heavy atom. The molecule has 10 aromatic rings. The maximum absolute atomic E-state index is 6.36. The van der Waals surface area contributed by atoms with Crippen molar-refractivity contribution in [1.82, 2.24) is 15.0 Å². The SMILES string of the molecule is c1ccc(-c2ccc(-c3nc(-c4ccccc4)nc(-c4cc(-c5ccc6c(ccc7c8ccccc8oc67)c5)c5ccccc5c4)n3)cc2)cc1. The van der Waals surface area contributed by atoms with Gasteiger partial charge in [-0.2, -0.15) is 0 Å². The fourth-order valence-electron chi connectivity index (χ4n) is 7.15. The van der Waals surface area contributed by atoms with Crippen molar-refractivity contribution < 1.29 is 4.42 Å². The van der Waals surface area contributed by atoms with Crippen molar-refractivity contribution in [1.29, 1.82) is 0 Å². The molecule has 51 heavy (non-hydrogen) atoms. The standard InChI is InChI=1S/C47H29N3O/c1-3-11-30(12-4-1)31-19-21-33(22-20-31)46-48-45(32-13-5-2-6-14-32)49-47(50-46)37-28-34-15-7-8-16-38(34)42(29-37)36-23-25-39-35(27-36)24-26-41-40-17-9-10-18-43(40)51-44(39)41/h1-29H. The van der Waals surface area contributed by atoms with E-state index in [4.69, 9.17) is 19.4 Å². The number of para-hydroxylation sites is 1. The number of benzene rings is 8. The number of hydrogen-bond donors (Lipinski definition) is 0. The summed E-state index contributed by atoms with van der Waals surface area (Å²) in [6.07, 6.45) is 0. The van der Waals surface area contributed by atoms with Gasteiger partial charge in [0.1, 0.15) is 11.2 Å². The zero-order valence-electron chi connectivity index (χ0n) is 27.5. The molecule has 0 saturated carbocycles. The minimum Gasteiger partial charge on any atom is -0.455 e. The molecular formula is C47H29N3O. The molecule has 0 unspecified atom stereocenters. The second kappa shape index (κ2) is 11.9. The van der Waals surface area contributed by atoms with E-state index >= 15 is 0 Å². The van der Waals surface area contributed by atoms with Crippen LogP contribution in [0.25, 0.3) is 99.9 Å². The molecule has 4 heteroatoms. The summed E-state index contributed by atoms with van der Waals surface area (Å²) < 4.78 is 6.36. The first-order valence-corrected chi connectivity index (χ1v) is 17.1. The average Bonchev–Trinajstić information content (AvgIpc) is 3.60. The third-order valence-corrected chi connectivity index (χ3v) is 9.71. The molecule has 0 saturated heterocycles. The van der Waals surface area contributed by atoms with Crippen molar-refractivity contribution in [3.8, 4) is 56.4 Å². The molecule has 0 aliphatic rings. The lowest BCUT2D eigenvalue weighted by atomic mass is 9.93. The minimum absolute atomic E-state index is 0.628. The van der Waals surface area contributed by atoms with E-state index in [1.807, 2.05) is 48.5 Å². The maximum atomic E-state index is 6.36. The van der Waals surface area contributed by atoms with Gasteiger partial charge < -0.3 is 4.42 Å². The van der Waals surface area contributed by atoms with Gasteiger partial charge in [-0.3, -0.25) is 0 Å². The third-order valence-electron chi connectivity index (χ3n) is 9.71. The molecule has 0 aliphatic carbocycles. The van der Waals surface area contributed by atoms with Crippen LogP contribution in [0.2, 0.25) is 0 Å². The average molecular weight is 652 g/mol. The second-order valence-electron chi connectivity index (χ2n) is 12.8. The van der Waals surface area contributed by atoms with E-state index < -0.39 is 0 Å². The zero-order valence-corrected chi connectivity index (χ0v) is 27.5. The molecule has 0 spiro atoms. The molecule has 2 aromatic heterocycles. The first kappa shape index (κ1) is 29.0. The number of rotatable bonds is 5. The summed E-state index contributed by atoms with van der Waals surface area (Å²) in [5.41, 5.74) is 9.17. The van der Waals surface area contributed by atoms with E-state index in [0.29, 0.717) is 17.5 Å². The molecule has 0 amide bonds. The van der Waals surface area contributed by atoms with Crippen LogP contribution in [0.3, 0.4) is 0 Å². The summed E-state index contributed by atoms with van der Waals surface area (Å²) in [6.45, 7) is 0. The fraction of sp³-hybridized carbons (Fsp3) is 0. The molecule has 0 atom stereocenters. The lowest BCUT2D eigenvalue weighted by Gasteiger charge is -2.13. The molecular weight excluding hydrogens is 623 g/mol. The molecule has 10 rings (SSSR count). The predicted octanol–water partition coefficient (Wildman–Crippen LogP) is 12.4. The third kappa shape index (κ3) is 5.13. The normalized spacial score (nSPS) is 11.5. The predicted molar refractivity (Wildman–Crippen MR) is 209 cm³/mol. The topological polar surface area (TPSA) is 51.8 Å². The Bertz CT molecular complexity index is 2900. The van der Waals surface area contributed by atoms with Gasteiger partial charge in [-0.1, -0.05) is 140 Å². The summed E-state index contributed by atoms with van der Waals surface area (Å²) in [7, 11) is 0. The van der Waals surface area contributed by atoms with Gasteiger partial charge in [-0.05, 0) is 74.8 Å². The highest BCUT2D eigenvalue weighted by atomic mass is 16.3. The van der Waals surface area contributed by atoms with Crippen LogP contribution < -0.4 is 0 Å². The molecule has 0 radical (unpaired) electrons. The van der Waals surface area contributed by atoms with Crippen molar-refractivity contribution in [2.45, 2.75) is 0 Å². The first-order valence-electron chi connectivity index (χ1n) is 17.1. The van der Waals surface area contributed by atoms with Gasteiger partial charge in [0.15, 0.2) is 17.5 Å². The summed E-state index contributed by atoms with van der Waals surface area (Å²) >= 11 is 0. The highest BCUT2D eigenvalue weighted by Gasteiger charge is 2.16. The van der Waals surface area contributed by atoms with E-state index in [0.717, 1.165) is 71.5 Å². The Morgan fingerprint density at radius 1 is 0.314 bits per heavy atom. The molecule has 0 bridgehead atoms. The van der Waals surface area contributed by atoms with E-state index in [9.17, 15) is 0 Å². The molecule has 238 valence electrons. The number of nitrogens with zero attached hydrogens (tertiary/aromatic N) is 3. The van der Waals surface area contributed by atoms with Gasteiger partial charge in [0.2, 0.25) is 0 Å². The van der Waals surface area contributed by atoms with E-state index in [1.165, 1.54) is 10.9 Å². The van der Waals surface area contributed by atoms with Crippen LogP contribution >= 0.6 is 0 Å². The molecule has 8 aromatic carbocycles. The Kier molecular flexibility index (Phi) is 6.78. The van der Waals surface area contributed by atoms with Crippen molar-refractivity contribution in [2.75, 3.05) is 0 Å². The Hall–Kier alpha value is -6.91. The lowest BCUT2D eigenvalue weighted by molar-refractivity contribution is 0.672. The fourth-order valence-corrected chi connectivity index (χ4v) is 7.15. The summed E-state index contributed by atoms with van der Waals surface area (Å²) in [5, 5.41) is 6.78. The van der Waals surface area contributed by atoms with Gasteiger partial charge >= 0.3 is 0 Å². The van der Waals surface area contributed by atoms with Crippen LogP contribution in [0.4, 0.5) is 0 Å². The van der Waals surface area contributed by atoms with Crippen LogP contribution in [0.1, 0.15) is 0 Å². The number of aromatic nitrogens is 3. The van der Waals surface area contributed by atoms with Crippen LogP contribution in [-0.2, 0) is 0 Å². The first-order chi connectivity index (χ1) is 25.2. The van der Waals surface area contributed by atoms with Crippen LogP contribution in [0.15, 0.2) is 180 Å². The number of furan rings is 1. The summed E-state index contributed by atoms with van der Waals surface area (Å²) in [4.78, 5) is 15.2. The summed E-state index contributed by atoms with van der Waals surface area (Å²) in [5.74, 6) is 1.90. The molecule has 0 aliphatic heterocycles. The Balaban J connectivity index is 1.13. The number of fused-ring (bicyclic) bond motifs is 6. The van der Waals surface area contributed by atoms with Crippen molar-refractivity contribution >= 4 is 43.5 Å². The lowest BCUT2D eigenvalue weighted by Crippen LogP contribution is -2.00.